The molecule has 0 atom stereocenters. The van der Waals surface area contributed by atoms with Gasteiger partial charge in [0.2, 0.25) is 0 Å². The number of rotatable bonds is 5. The van der Waals surface area contributed by atoms with E-state index in [4.69, 9.17) is 4.74 Å². The number of benzene rings is 1. The highest BCUT2D eigenvalue weighted by Gasteiger charge is 2.04. The summed E-state index contributed by atoms with van der Waals surface area (Å²) in [6.45, 7) is 5.70. The summed E-state index contributed by atoms with van der Waals surface area (Å²) in [5, 5.41) is 0. The van der Waals surface area contributed by atoms with Gasteiger partial charge in [-0.2, -0.15) is 0 Å². The zero-order valence-electron chi connectivity index (χ0n) is 14.0. The van der Waals surface area contributed by atoms with E-state index in [-0.39, 0.29) is 24.0 Å². The zero-order valence-corrected chi connectivity index (χ0v) is 16.3. The highest BCUT2D eigenvalue weighted by molar-refractivity contribution is 14.0. The monoisotopic (exact) mass is 405 g/mol. The molecular formula is C16H28IN3O. The maximum Gasteiger partial charge on any atom is 0.195 e. The molecule has 0 spiro atoms. The summed E-state index contributed by atoms with van der Waals surface area (Å²) in [4.78, 5) is 8.67. The average molecular weight is 405 g/mol. The van der Waals surface area contributed by atoms with Crippen LogP contribution in [0.5, 0.6) is 5.75 Å². The molecule has 0 aliphatic rings. The van der Waals surface area contributed by atoms with Crippen LogP contribution in [0.3, 0.4) is 0 Å². The number of aliphatic imine (C=N–C) groups is 1. The van der Waals surface area contributed by atoms with Gasteiger partial charge in [-0.25, -0.2) is 4.99 Å². The molecule has 0 aliphatic carbocycles. The molecule has 0 amide bonds. The maximum absolute atomic E-state index is 5.74. The number of hydrogen-bond donors (Lipinski definition) is 0. The number of ether oxygens (including phenoxy) is 1. The van der Waals surface area contributed by atoms with Gasteiger partial charge in [0.05, 0.1) is 13.2 Å². The van der Waals surface area contributed by atoms with Crippen LogP contribution in [0.4, 0.5) is 0 Å². The fraction of sp³-hybridized carbons (Fsp3) is 0.562. The zero-order chi connectivity index (χ0) is 15.1. The van der Waals surface area contributed by atoms with E-state index in [1.165, 1.54) is 0 Å². The minimum absolute atomic E-state index is 0. The van der Waals surface area contributed by atoms with Crippen LogP contribution in [0.25, 0.3) is 0 Å². The first kappa shape index (κ1) is 20.0. The lowest BCUT2D eigenvalue weighted by Crippen LogP contribution is -2.35. The van der Waals surface area contributed by atoms with E-state index in [1.807, 2.05) is 50.1 Å². The second-order valence-corrected chi connectivity index (χ2v) is 5.76. The third-order valence-corrected chi connectivity index (χ3v) is 2.68. The molecule has 0 radical (unpaired) electrons. The number of guanidine groups is 1. The van der Waals surface area contributed by atoms with E-state index < -0.39 is 0 Å². The minimum atomic E-state index is 0. The SMILES string of the molecule is CC(C)COc1cccc(CN=C(N(C)C)N(C)C)c1.I. The van der Waals surface area contributed by atoms with Gasteiger partial charge in [-0.3, -0.25) is 0 Å². The Morgan fingerprint density at radius 1 is 1.14 bits per heavy atom. The second-order valence-electron chi connectivity index (χ2n) is 5.76. The molecule has 0 saturated carbocycles. The van der Waals surface area contributed by atoms with Crippen molar-refractivity contribution in [2.75, 3.05) is 34.8 Å². The summed E-state index contributed by atoms with van der Waals surface area (Å²) < 4.78 is 5.74. The van der Waals surface area contributed by atoms with Crippen LogP contribution < -0.4 is 4.74 Å². The van der Waals surface area contributed by atoms with Gasteiger partial charge in [-0.05, 0) is 23.6 Å². The molecule has 5 heteroatoms. The largest absolute Gasteiger partial charge is 0.493 e. The summed E-state index contributed by atoms with van der Waals surface area (Å²) >= 11 is 0. The summed E-state index contributed by atoms with van der Waals surface area (Å²) in [5.74, 6) is 2.41. The molecule has 21 heavy (non-hydrogen) atoms. The average Bonchev–Trinajstić information content (AvgIpc) is 2.36. The molecule has 0 saturated heterocycles. The molecule has 0 aliphatic heterocycles. The Morgan fingerprint density at radius 2 is 1.76 bits per heavy atom. The van der Waals surface area contributed by atoms with E-state index in [1.54, 1.807) is 0 Å². The lowest BCUT2D eigenvalue weighted by Gasteiger charge is -2.22. The fourth-order valence-electron chi connectivity index (χ4n) is 1.84. The Kier molecular flexibility index (Phi) is 9.41. The van der Waals surface area contributed by atoms with Gasteiger partial charge in [-0.15, -0.1) is 24.0 Å². The van der Waals surface area contributed by atoms with E-state index >= 15 is 0 Å². The van der Waals surface area contributed by atoms with Crippen molar-refractivity contribution in [3.8, 4) is 5.75 Å². The summed E-state index contributed by atoms with van der Waals surface area (Å²) in [6, 6.07) is 8.16. The summed E-state index contributed by atoms with van der Waals surface area (Å²) in [5.41, 5.74) is 1.16. The number of hydrogen-bond acceptors (Lipinski definition) is 2. The minimum Gasteiger partial charge on any atom is -0.493 e. The molecule has 4 nitrogen and oxygen atoms in total. The van der Waals surface area contributed by atoms with E-state index in [0.29, 0.717) is 12.5 Å². The molecule has 0 bridgehead atoms. The first-order valence-electron chi connectivity index (χ1n) is 7.01. The third-order valence-electron chi connectivity index (χ3n) is 2.68. The third kappa shape index (κ3) is 7.55. The lowest BCUT2D eigenvalue weighted by molar-refractivity contribution is 0.271. The van der Waals surface area contributed by atoms with E-state index in [2.05, 4.69) is 31.0 Å². The molecule has 1 rings (SSSR count). The van der Waals surface area contributed by atoms with Crippen LogP contribution in [0.15, 0.2) is 29.3 Å². The predicted octanol–water partition coefficient (Wildman–Crippen LogP) is 3.32. The Hall–Kier alpha value is -0.980. The van der Waals surface area contributed by atoms with Gasteiger partial charge < -0.3 is 14.5 Å². The maximum atomic E-state index is 5.74. The van der Waals surface area contributed by atoms with Crippen LogP contribution in [-0.2, 0) is 6.54 Å². The Bertz CT molecular complexity index is 435. The van der Waals surface area contributed by atoms with Crippen LogP contribution >= 0.6 is 24.0 Å². The standard InChI is InChI=1S/C16H27N3O.HI/c1-13(2)12-20-15-9-7-8-14(10-15)11-17-16(18(3)4)19(5)6;/h7-10,13H,11-12H2,1-6H3;1H. The molecular weight excluding hydrogens is 377 g/mol. The fourth-order valence-corrected chi connectivity index (χ4v) is 1.84. The highest BCUT2D eigenvalue weighted by atomic mass is 127. The topological polar surface area (TPSA) is 28.1 Å². The van der Waals surface area contributed by atoms with Crippen LogP contribution in [0.2, 0.25) is 0 Å². The quantitative estimate of drug-likeness (QED) is 0.428. The van der Waals surface area contributed by atoms with E-state index in [9.17, 15) is 0 Å². The number of halogens is 1. The van der Waals surface area contributed by atoms with Crippen molar-refractivity contribution in [1.82, 2.24) is 9.80 Å². The molecule has 120 valence electrons. The van der Waals surface area contributed by atoms with Crippen molar-refractivity contribution >= 4 is 29.9 Å². The first-order valence-corrected chi connectivity index (χ1v) is 7.01. The van der Waals surface area contributed by atoms with Crippen LogP contribution in [0, 0.1) is 5.92 Å². The molecule has 0 heterocycles. The summed E-state index contributed by atoms with van der Waals surface area (Å²) in [6.07, 6.45) is 0. The van der Waals surface area contributed by atoms with Crippen LogP contribution in [-0.4, -0.2) is 50.6 Å². The van der Waals surface area contributed by atoms with Gasteiger partial charge in [-0.1, -0.05) is 26.0 Å². The van der Waals surface area contributed by atoms with Crippen molar-refractivity contribution in [2.24, 2.45) is 10.9 Å². The normalized spacial score (nSPS) is 9.86. The predicted molar refractivity (Wildman–Crippen MR) is 101 cm³/mol. The Morgan fingerprint density at radius 3 is 2.29 bits per heavy atom. The lowest BCUT2D eigenvalue weighted by atomic mass is 10.2. The molecule has 1 aromatic rings. The van der Waals surface area contributed by atoms with E-state index in [0.717, 1.165) is 23.9 Å². The molecule has 0 N–H and O–H groups in total. The van der Waals surface area contributed by atoms with Crippen molar-refractivity contribution in [3.63, 3.8) is 0 Å². The van der Waals surface area contributed by atoms with Gasteiger partial charge in [0.1, 0.15) is 5.75 Å². The Labute approximate surface area is 146 Å². The van der Waals surface area contributed by atoms with Crippen LogP contribution in [0.1, 0.15) is 19.4 Å². The smallest absolute Gasteiger partial charge is 0.195 e. The van der Waals surface area contributed by atoms with Crippen molar-refractivity contribution < 1.29 is 4.74 Å². The number of nitrogens with zero attached hydrogens (tertiary/aromatic N) is 3. The molecule has 1 aromatic carbocycles. The summed E-state index contributed by atoms with van der Waals surface area (Å²) in [7, 11) is 8.00. The second kappa shape index (κ2) is 9.87. The van der Waals surface area contributed by atoms with Crippen molar-refractivity contribution in [3.05, 3.63) is 29.8 Å². The molecule has 0 unspecified atom stereocenters. The van der Waals surface area contributed by atoms with Gasteiger partial charge in [0.25, 0.3) is 0 Å². The molecule has 0 fully saturated rings. The van der Waals surface area contributed by atoms with Gasteiger partial charge in [0, 0.05) is 28.2 Å². The Balaban J connectivity index is 0.00000400. The van der Waals surface area contributed by atoms with Gasteiger partial charge in [0.15, 0.2) is 5.96 Å². The van der Waals surface area contributed by atoms with Gasteiger partial charge >= 0.3 is 0 Å². The molecule has 0 aromatic heterocycles. The van der Waals surface area contributed by atoms with Crippen molar-refractivity contribution in [2.45, 2.75) is 20.4 Å². The van der Waals surface area contributed by atoms with Crippen molar-refractivity contribution in [1.29, 1.82) is 0 Å². The first-order chi connectivity index (χ1) is 9.40. The highest BCUT2D eigenvalue weighted by Crippen LogP contribution is 2.15.